The third-order valence-electron chi connectivity index (χ3n) is 5.26. The number of thioether (sulfide) groups is 2. The van der Waals surface area contributed by atoms with Crippen molar-refractivity contribution >= 4 is 69.4 Å². The summed E-state index contributed by atoms with van der Waals surface area (Å²) in [5.41, 5.74) is 12.4. The first-order chi connectivity index (χ1) is 18.7. The fraction of sp³-hybridized carbons (Fsp3) is 0.261. The van der Waals surface area contributed by atoms with Crippen molar-refractivity contribution in [3.8, 4) is 12.3 Å². The summed E-state index contributed by atoms with van der Waals surface area (Å²) >= 11 is 3.84. The van der Waals surface area contributed by atoms with Crippen molar-refractivity contribution < 1.29 is 24.3 Å². The topological polar surface area (TPSA) is 199 Å². The highest BCUT2D eigenvalue weighted by Gasteiger charge is 2.54. The number of aromatic nitrogens is 3. The molecule has 1 fully saturated rings. The number of fused-ring (bicyclic) bond motifs is 1. The van der Waals surface area contributed by atoms with Crippen LogP contribution in [0, 0.1) is 19.3 Å². The van der Waals surface area contributed by atoms with Crippen LogP contribution in [-0.2, 0) is 19.2 Å². The van der Waals surface area contributed by atoms with E-state index in [4.69, 9.17) is 22.7 Å². The minimum atomic E-state index is -1.24. The lowest BCUT2D eigenvalue weighted by Crippen LogP contribution is -2.71. The summed E-state index contributed by atoms with van der Waals surface area (Å²) in [6.07, 6.45) is 8.63. The van der Waals surface area contributed by atoms with Gasteiger partial charge in [-0.2, -0.15) is 0 Å². The van der Waals surface area contributed by atoms with Gasteiger partial charge < -0.3 is 26.7 Å². The van der Waals surface area contributed by atoms with E-state index in [1.165, 1.54) is 33.8 Å². The lowest BCUT2D eigenvalue weighted by Gasteiger charge is -2.49. The van der Waals surface area contributed by atoms with Crippen LogP contribution in [0.3, 0.4) is 0 Å². The molecule has 0 bridgehead atoms. The molecule has 0 radical (unpaired) electrons. The third kappa shape index (κ3) is 6.33. The number of β-lactam (4-membered cyclic amide) rings is 1. The predicted molar refractivity (Wildman–Crippen MR) is 149 cm³/mol. The zero-order chi connectivity index (χ0) is 28.1. The van der Waals surface area contributed by atoms with Crippen LogP contribution >= 0.6 is 34.9 Å². The fourth-order valence-corrected chi connectivity index (χ4v) is 6.32. The Morgan fingerprint density at radius 2 is 2.21 bits per heavy atom. The molecule has 0 spiro atoms. The number of thiazole rings is 1. The van der Waals surface area contributed by atoms with Crippen LogP contribution in [-0.4, -0.2) is 78.0 Å². The number of aliphatic carboxylic acids is 1. The maximum Gasteiger partial charge on any atom is 0.352 e. The molecule has 2 amide bonds. The molecular weight excluding hydrogens is 565 g/mol. The first-order valence-corrected chi connectivity index (χ1v) is 14.1. The average molecular weight is 587 g/mol. The maximum absolute atomic E-state index is 13.0. The minimum Gasteiger partial charge on any atom is -0.477 e. The monoisotopic (exact) mass is 586 g/mol. The van der Waals surface area contributed by atoms with E-state index in [1.54, 1.807) is 18.2 Å². The molecule has 13 nitrogen and oxygen atoms in total. The highest BCUT2D eigenvalue weighted by Crippen LogP contribution is 2.40. The Morgan fingerprint density at radius 1 is 1.41 bits per heavy atom. The van der Waals surface area contributed by atoms with Crippen molar-refractivity contribution in [2.45, 2.75) is 23.4 Å². The van der Waals surface area contributed by atoms with Gasteiger partial charge in [-0.3, -0.25) is 14.5 Å². The van der Waals surface area contributed by atoms with Crippen LogP contribution < -0.4 is 16.8 Å². The summed E-state index contributed by atoms with van der Waals surface area (Å²) < 4.78 is 0. The highest BCUT2D eigenvalue weighted by molar-refractivity contribution is 8.00. The summed E-state index contributed by atoms with van der Waals surface area (Å²) in [5.74, 6) is 0.684. The van der Waals surface area contributed by atoms with Crippen molar-refractivity contribution in [1.29, 1.82) is 0 Å². The van der Waals surface area contributed by atoms with Gasteiger partial charge in [-0.15, -0.1) is 41.3 Å². The zero-order valence-corrected chi connectivity index (χ0v) is 22.8. The van der Waals surface area contributed by atoms with Crippen LogP contribution in [0.1, 0.15) is 11.4 Å². The van der Waals surface area contributed by atoms with Gasteiger partial charge >= 0.3 is 5.97 Å². The molecule has 2 aromatic rings. The largest absolute Gasteiger partial charge is 0.477 e. The number of carbonyl (C=O) groups is 3. The molecule has 0 aliphatic carbocycles. The van der Waals surface area contributed by atoms with Crippen molar-refractivity contribution in [2.75, 3.05) is 29.6 Å². The number of oxime groups is 1. The molecule has 0 aromatic carbocycles. The van der Waals surface area contributed by atoms with E-state index in [9.17, 15) is 19.5 Å². The number of carbonyl (C=O) groups excluding carboxylic acids is 2. The van der Waals surface area contributed by atoms with Gasteiger partial charge in [0.2, 0.25) is 5.95 Å². The van der Waals surface area contributed by atoms with Gasteiger partial charge in [-0.1, -0.05) is 23.2 Å². The molecule has 39 heavy (non-hydrogen) atoms. The number of hydrogen-bond donors (Lipinski definition) is 4. The number of carboxylic acids is 1. The lowest BCUT2D eigenvalue weighted by molar-refractivity contribution is -0.150. The first kappa shape index (κ1) is 28.0. The molecular formula is C23H22N8O5S3. The van der Waals surface area contributed by atoms with E-state index >= 15 is 0 Å². The Hall–Kier alpha value is -4.07. The smallest absolute Gasteiger partial charge is 0.352 e. The second-order valence-electron chi connectivity index (χ2n) is 7.95. The molecule has 4 heterocycles. The van der Waals surface area contributed by atoms with Gasteiger partial charge in [0.25, 0.3) is 11.8 Å². The van der Waals surface area contributed by atoms with Crippen LogP contribution in [0.4, 0.5) is 11.1 Å². The van der Waals surface area contributed by atoms with E-state index in [-0.39, 0.29) is 34.8 Å². The van der Waals surface area contributed by atoms with Crippen molar-refractivity contribution in [1.82, 2.24) is 25.2 Å². The minimum absolute atomic E-state index is 0.129. The standard InChI is InChI=1S/C23H22N8O5S3/c1-3-6-36-30-15(13-10-39-23(25)27-13)18(32)29-16-19(33)31-17(21(34)35)12(9-38-20(16)31)5-4-7-37-14-8-11(2)26-22(24)28-14/h1,4-5,8,10,16,20H,6-7,9H2,2H3,(H2,25,27)(H,29,32)(H,34,35)(H2,24,26,28)/b5-4+,30-15+/t16?,20-/m1/s1. The maximum atomic E-state index is 13.0. The highest BCUT2D eigenvalue weighted by atomic mass is 32.2. The summed E-state index contributed by atoms with van der Waals surface area (Å²) in [7, 11) is 0. The number of carboxylic acid groups (broad SMARTS) is 1. The van der Waals surface area contributed by atoms with E-state index in [0.29, 0.717) is 22.1 Å². The molecule has 202 valence electrons. The molecule has 2 aliphatic rings. The number of allylic oxidation sites excluding steroid dienone is 1. The van der Waals surface area contributed by atoms with Gasteiger partial charge in [0.1, 0.15) is 27.8 Å². The average Bonchev–Trinajstić information content (AvgIpc) is 3.32. The Morgan fingerprint density at radius 3 is 2.87 bits per heavy atom. The SMILES string of the molecule is C#CCO/N=C(/C(=O)NC1C(=O)N2C(C(=O)O)=C(/C=C/CSc3cc(C)nc(N)n3)CS[C@H]12)c1csc(N)n1. The Balaban J connectivity index is 1.45. The summed E-state index contributed by atoms with van der Waals surface area (Å²) in [6.45, 7) is 1.63. The molecule has 0 saturated carbocycles. The van der Waals surface area contributed by atoms with Gasteiger partial charge in [0.15, 0.2) is 17.5 Å². The Bertz CT molecular complexity index is 1430. The van der Waals surface area contributed by atoms with Gasteiger partial charge in [-0.25, -0.2) is 19.7 Å². The predicted octanol–water partition coefficient (Wildman–Crippen LogP) is 0.847. The van der Waals surface area contributed by atoms with Gasteiger partial charge in [0, 0.05) is 22.6 Å². The van der Waals surface area contributed by atoms with E-state index in [0.717, 1.165) is 17.0 Å². The number of nitrogens with zero attached hydrogens (tertiary/aromatic N) is 5. The number of nitrogen functional groups attached to an aromatic ring is 2. The molecule has 4 rings (SSSR count). The number of aryl methyl sites for hydroxylation is 1. The van der Waals surface area contributed by atoms with Gasteiger partial charge in [-0.05, 0) is 18.6 Å². The van der Waals surface area contributed by atoms with E-state index in [1.807, 2.05) is 6.92 Å². The van der Waals surface area contributed by atoms with E-state index < -0.39 is 29.2 Å². The molecule has 2 aliphatic heterocycles. The molecule has 1 saturated heterocycles. The zero-order valence-electron chi connectivity index (χ0n) is 20.4. The molecule has 2 atom stereocenters. The van der Waals surface area contributed by atoms with Gasteiger partial charge in [0.05, 0.1) is 0 Å². The van der Waals surface area contributed by atoms with Crippen LogP contribution in [0.5, 0.6) is 0 Å². The summed E-state index contributed by atoms with van der Waals surface area (Å²) in [4.78, 5) is 56.5. The summed E-state index contributed by atoms with van der Waals surface area (Å²) in [6, 6.07) is 0.824. The number of hydrogen-bond acceptors (Lipinski definition) is 13. The normalized spacial score (nSPS) is 18.9. The number of nitrogens with one attached hydrogen (secondary N) is 1. The number of amides is 2. The Labute approximate surface area is 235 Å². The first-order valence-electron chi connectivity index (χ1n) is 11.2. The fourth-order valence-electron chi connectivity index (χ4n) is 3.68. The quantitative estimate of drug-likeness (QED) is 0.0583. The van der Waals surface area contributed by atoms with Crippen molar-refractivity contribution in [3.63, 3.8) is 0 Å². The number of nitrogens with two attached hydrogens (primary N) is 2. The number of anilines is 2. The van der Waals surface area contributed by atoms with Crippen LogP contribution in [0.25, 0.3) is 0 Å². The van der Waals surface area contributed by atoms with Crippen LogP contribution in [0.15, 0.2) is 45.1 Å². The summed E-state index contributed by atoms with van der Waals surface area (Å²) in [5, 5.41) is 18.1. The van der Waals surface area contributed by atoms with Crippen molar-refractivity contribution in [3.05, 3.63) is 46.3 Å². The number of rotatable bonds is 10. The second kappa shape index (κ2) is 12.2. The molecule has 2 aromatic heterocycles. The second-order valence-corrected chi connectivity index (χ2v) is 11.0. The Kier molecular flexibility index (Phi) is 8.74. The number of terminal acetylenes is 1. The van der Waals surface area contributed by atoms with Crippen LogP contribution in [0.2, 0.25) is 0 Å². The molecule has 16 heteroatoms. The third-order valence-corrected chi connectivity index (χ3v) is 8.10. The lowest BCUT2D eigenvalue weighted by atomic mass is 10.0. The molecule has 6 N–H and O–H groups in total. The molecule has 1 unspecified atom stereocenters. The van der Waals surface area contributed by atoms with E-state index in [2.05, 4.69) is 31.3 Å². The van der Waals surface area contributed by atoms with Crippen molar-refractivity contribution in [2.24, 2.45) is 5.16 Å².